The van der Waals surface area contributed by atoms with Gasteiger partial charge in [-0.2, -0.15) is 5.10 Å². The first kappa shape index (κ1) is 21.0. The highest BCUT2D eigenvalue weighted by molar-refractivity contribution is 5.93. The van der Waals surface area contributed by atoms with Gasteiger partial charge in [0.05, 0.1) is 12.2 Å². The monoisotopic (exact) mass is 434 g/mol. The average molecular weight is 435 g/mol. The lowest BCUT2D eigenvalue weighted by atomic mass is 9.95. The molecule has 1 amide bonds. The van der Waals surface area contributed by atoms with Gasteiger partial charge in [-0.1, -0.05) is 12.1 Å². The van der Waals surface area contributed by atoms with Crippen molar-refractivity contribution in [3.8, 4) is 11.3 Å². The molecule has 0 radical (unpaired) electrons. The Hall–Kier alpha value is -2.90. The third kappa shape index (κ3) is 4.95. The van der Waals surface area contributed by atoms with E-state index in [4.69, 9.17) is 9.15 Å². The normalized spacial score (nSPS) is 20.3. The van der Waals surface area contributed by atoms with Crippen molar-refractivity contribution in [1.29, 1.82) is 0 Å². The van der Waals surface area contributed by atoms with Gasteiger partial charge in [0.2, 0.25) is 5.91 Å². The molecule has 1 aromatic carbocycles. The van der Waals surface area contributed by atoms with Crippen molar-refractivity contribution < 1.29 is 13.9 Å². The van der Waals surface area contributed by atoms with E-state index in [9.17, 15) is 4.79 Å². The zero-order valence-corrected chi connectivity index (χ0v) is 18.3. The Morgan fingerprint density at radius 1 is 1.12 bits per heavy atom. The van der Waals surface area contributed by atoms with Gasteiger partial charge in [0, 0.05) is 30.0 Å². The summed E-state index contributed by atoms with van der Waals surface area (Å²) >= 11 is 0. The molecule has 0 aliphatic carbocycles. The van der Waals surface area contributed by atoms with E-state index in [0.717, 1.165) is 80.4 Å². The van der Waals surface area contributed by atoms with Crippen LogP contribution in [0.15, 0.2) is 53.1 Å². The molecule has 4 heterocycles. The second-order valence-electron chi connectivity index (χ2n) is 8.75. The zero-order valence-electron chi connectivity index (χ0n) is 18.3. The first-order valence-corrected chi connectivity index (χ1v) is 11.6. The number of aromatic amines is 1. The number of rotatable bonds is 6. The first-order valence-electron chi connectivity index (χ1n) is 11.6. The Morgan fingerprint density at radius 3 is 2.81 bits per heavy atom. The molecule has 0 bridgehead atoms. The largest absolute Gasteiger partial charge is 0.462 e. The summed E-state index contributed by atoms with van der Waals surface area (Å²) < 4.78 is 11.9. The number of hydrogen-bond donors (Lipinski definition) is 2. The van der Waals surface area contributed by atoms with E-state index >= 15 is 0 Å². The van der Waals surface area contributed by atoms with Crippen LogP contribution in [0, 0.1) is 5.92 Å². The van der Waals surface area contributed by atoms with Gasteiger partial charge < -0.3 is 14.5 Å². The van der Waals surface area contributed by atoms with Crippen molar-refractivity contribution in [2.24, 2.45) is 5.92 Å². The number of ether oxygens (including phenoxy) is 1. The molecule has 1 atom stereocenters. The van der Waals surface area contributed by atoms with E-state index in [-0.39, 0.29) is 17.9 Å². The summed E-state index contributed by atoms with van der Waals surface area (Å²) in [6, 6.07) is 13.9. The molecule has 1 unspecified atom stereocenters. The van der Waals surface area contributed by atoms with Gasteiger partial charge in [0.15, 0.2) is 0 Å². The maximum absolute atomic E-state index is 12.8. The van der Waals surface area contributed by atoms with Gasteiger partial charge in [0.25, 0.3) is 0 Å². The van der Waals surface area contributed by atoms with Gasteiger partial charge in [-0.3, -0.25) is 14.8 Å². The highest BCUT2D eigenvalue weighted by atomic mass is 16.5. The minimum atomic E-state index is 0.0323. The van der Waals surface area contributed by atoms with Crippen LogP contribution in [0.4, 0.5) is 5.69 Å². The topological polar surface area (TPSA) is 83.4 Å². The van der Waals surface area contributed by atoms with E-state index in [1.54, 1.807) is 6.20 Å². The van der Waals surface area contributed by atoms with E-state index in [1.807, 2.05) is 30.3 Å². The van der Waals surface area contributed by atoms with Crippen molar-refractivity contribution in [2.75, 3.05) is 25.0 Å². The second-order valence-corrected chi connectivity index (χ2v) is 8.75. The predicted molar refractivity (Wildman–Crippen MR) is 122 cm³/mol. The fourth-order valence-corrected chi connectivity index (χ4v) is 4.62. The van der Waals surface area contributed by atoms with Crippen molar-refractivity contribution in [3.05, 3.63) is 60.2 Å². The SMILES string of the molecule is O=C(Nc1cccc(-c2ccn[nH]2)c1)C1CCN(Cc2ccc(C3CCCCO3)o2)CC1. The molecule has 0 spiro atoms. The number of nitrogens with zero attached hydrogens (tertiary/aromatic N) is 2. The van der Waals surface area contributed by atoms with Crippen LogP contribution in [-0.4, -0.2) is 40.7 Å². The minimum absolute atomic E-state index is 0.0323. The molecule has 2 aliphatic rings. The fraction of sp³-hybridized carbons (Fsp3) is 0.440. The maximum Gasteiger partial charge on any atom is 0.227 e. The van der Waals surface area contributed by atoms with Crippen molar-refractivity contribution in [3.63, 3.8) is 0 Å². The standard InChI is InChI=1S/C25H30N4O3/c30-25(27-20-5-3-4-19(16-20)22-9-12-26-28-22)18-10-13-29(14-11-18)17-21-7-8-24(32-21)23-6-1-2-15-31-23/h3-5,7-9,12,16,18,23H,1-2,6,10-11,13-15,17H2,(H,26,28)(H,27,30). The molecule has 2 fully saturated rings. The number of piperidine rings is 1. The average Bonchev–Trinajstić information content (AvgIpc) is 3.53. The van der Waals surface area contributed by atoms with Crippen LogP contribution < -0.4 is 5.32 Å². The Morgan fingerprint density at radius 2 is 2.03 bits per heavy atom. The lowest BCUT2D eigenvalue weighted by Gasteiger charge is -2.30. The summed E-state index contributed by atoms with van der Waals surface area (Å²) in [5.74, 6) is 2.06. The van der Waals surface area contributed by atoms with E-state index in [0.29, 0.717) is 0 Å². The molecular weight excluding hydrogens is 404 g/mol. The third-order valence-electron chi connectivity index (χ3n) is 6.46. The first-order chi connectivity index (χ1) is 15.7. The molecular formula is C25H30N4O3. The summed E-state index contributed by atoms with van der Waals surface area (Å²) in [4.78, 5) is 15.2. The molecule has 3 aromatic rings. The molecule has 2 aliphatic heterocycles. The number of hydrogen-bond acceptors (Lipinski definition) is 5. The summed E-state index contributed by atoms with van der Waals surface area (Å²) in [5.41, 5.74) is 2.76. The Balaban J connectivity index is 1.11. The van der Waals surface area contributed by atoms with Crippen LogP contribution >= 0.6 is 0 Å². The molecule has 2 saturated heterocycles. The molecule has 2 aromatic heterocycles. The van der Waals surface area contributed by atoms with Gasteiger partial charge in [-0.05, 0) is 75.5 Å². The summed E-state index contributed by atoms with van der Waals surface area (Å²) in [5, 5.41) is 10.0. The van der Waals surface area contributed by atoms with Crippen LogP contribution in [0.3, 0.4) is 0 Å². The Labute approximate surface area is 188 Å². The van der Waals surface area contributed by atoms with E-state index in [1.165, 1.54) is 6.42 Å². The summed E-state index contributed by atoms with van der Waals surface area (Å²) in [7, 11) is 0. The lowest BCUT2D eigenvalue weighted by molar-refractivity contribution is -0.121. The molecule has 168 valence electrons. The fourth-order valence-electron chi connectivity index (χ4n) is 4.62. The number of nitrogens with one attached hydrogen (secondary N) is 2. The van der Waals surface area contributed by atoms with Gasteiger partial charge in [-0.25, -0.2) is 0 Å². The number of anilines is 1. The highest BCUT2D eigenvalue weighted by Gasteiger charge is 2.26. The third-order valence-corrected chi connectivity index (χ3v) is 6.46. The second kappa shape index (κ2) is 9.71. The number of furan rings is 1. The lowest BCUT2D eigenvalue weighted by Crippen LogP contribution is -2.37. The van der Waals surface area contributed by atoms with Crippen molar-refractivity contribution in [2.45, 2.75) is 44.8 Å². The molecule has 7 heteroatoms. The summed E-state index contributed by atoms with van der Waals surface area (Å²) in [6.07, 6.45) is 6.92. The molecule has 2 N–H and O–H groups in total. The number of likely N-dealkylation sites (tertiary alicyclic amines) is 1. The van der Waals surface area contributed by atoms with Gasteiger partial charge >= 0.3 is 0 Å². The highest BCUT2D eigenvalue weighted by Crippen LogP contribution is 2.30. The van der Waals surface area contributed by atoms with E-state index < -0.39 is 0 Å². The quantitative estimate of drug-likeness (QED) is 0.584. The molecule has 32 heavy (non-hydrogen) atoms. The molecule has 5 rings (SSSR count). The Bertz CT molecular complexity index is 1020. The number of benzene rings is 1. The molecule has 0 saturated carbocycles. The van der Waals surface area contributed by atoms with Crippen molar-refractivity contribution in [1.82, 2.24) is 15.1 Å². The Kier molecular flexibility index (Phi) is 6.36. The van der Waals surface area contributed by atoms with Crippen molar-refractivity contribution >= 4 is 11.6 Å². The van der Waals surface area contributed by atoms with E-state index in [2.05, 4.69) is 32.5 Å². The van der Waals surface area contributed by atoms with Crippen LogP contribution in [-0.2, 0) is 16.1 Å². The predicted octanol–water partition coefficient (Wildman–Crippen LogP) is 4.76. The number of aromatic nitrogens is 2. The van der Waals surface area contributed by atoms with Gasteiger partial charge in [-0.15, -0.1) is 0 Å². The number of H-pyrrole nitrogens is 1. The minimum Gasteiger partial charge on any atom is -0.462 e. The zero-order chi connectivity index (χ0) is 21.8. The molecule has 7 nitrogen and oxygen atoms in total. The smallest absolute Gasteiger partial charge is 0.227 e. The number of carbonyl (C=O) groups excluding carboxylic acids is 1. The van der Waals surface area contributed by atoms with Gasteiger partial charge in [0.1, 0.15) is 17.6 Å². The number of carbonyl (C=O) groups is 1. The number of amides is 1. The van der Waals surface area contributed by atoms with Crippen LogP contribution in [0.2, 0.25) is 0 Å². The maximum atomic E-state index is 12.8. The van der Waals surface area contributed by atoms with Crippen LogP contribution in [0.5, 0.6) is 0 Å². The van der Waals surface area contributed by atoms with Crippen LogP contribution in [0.1, 0.15) is 49.7 Å². The summed E-state index contributed by atoms with van der Waals surface area (Å²) in [6.45, 7) is 3.39. The van der Waals surface area contributed by atoms with Crippen LogP contribution in [0.25, 0.3) is 11.3 Å².